The van der Waals surface area contributed by atoms with Gasteiger partial charge in [0.25, 0.3) is 0 Å². The maximum Gasteiger partial charge on any atom is 0.220 e. The van der Waals surface area contributed by atoms with Crippen molar-refractivity contribution in [1.29, 1.82) is 0 Å². The van der Waals surface area contributed by atoms with Gasteiger partial charge in [-0.25, -0.2) is 4.98 Å². The van der Waals surface area contributed by atoms with Gasteiger partial charge in [-0.05, 0) is 42.7 Å². The molecule has 0 fully saturated rings. The molecule has 0 aliphatic carbocycles. The number of para-hydroxylation sites is 1. The minimum absolute atomic E-state index is 0.0132. The van der Waals surface area contributed by atoms with Crippen LogP contribution in [0.4, 0.5) is 0 Å². The van der Waals surface area contributed by atoms with E-state index in [-0.39, 0.29) is 12.0 Å². The van der Waals surface area contributed by atoms with Crippen LogP contribution in [-0.4, -0.2) is 23.5 Å². The Morgan fingerprint density at radius 3 is 3.00 bits per heavy atom. The van der Waals surface area contributed by atoms with Gasteiger partial charge < -0.3 is 10.1 Å². The number of fused-ring (bicyclic) bond motifs is 2. The van der Waals surface area contributed by atoms with Crippen LogP contribution in [-0.2, 0) is 11.2 Å². The summed E-state index contributed by atoms with van der Waals surface area (Å²) in [4.78, 5) is 16.5. The van der Waals surface area contributed by atoms with E-state index in [1.165, 1.54) is 15.8 Å². The summed E-state index contributed by atoms with van der Waals surface area (Å²) in [6.45, 7) is 4.66. The molecule has 5 heteroatoms. The molecule has 0 unspecified atom stereocenters. The molecule has 0 spiro atoms. The van der Waals surface area contributed by atoms with Gasteiger partial charge in [-0.3, -0.25) is 4.79 Å². The molecule has 1 aromatic heterocycles. The zero-order chi connectivity index (χ0) is 18.1. The molecule has 4 rings (SSSR count). The summed E-state index contributed by atoms with van der Waals surface area (Å²) in [7, 11) is 0. The normalized spacial score (nSPS) is 15.7. The lowest BCUT2D eigenvalue weighted by molar-refractivity contribution is -0.121. The van der Waals surface area contributed by atoms with Gasteiger partial charge in [0.1, 0.15) is 16.9 Å². The predicted octanol–water partition coefficient (Wildman–Crippen LogP) is 4.49. The van der Waals surface area contributed by atoms with Crippen LogP contribution >= 0.6 is 11.3 Å². The fourth-order valence-electron chi connectivity index (χ4n) is 3.40. The molecule has 1 aliphatic heterocycles. The summed E-state index contributed by atoms with van der Waals surface area (Å²) in [6.07, 6.45) is 2.23. The second-order valence-electron chi connectivity index (χ2n) is 6.79. The SMILES string of the molecule is CCCC(=O)NC[C@H]1Cc2cc(C)cc(-c3nc4ccccc4s3)c2O1. The summed E-state index contributed by atoms with van der Waals surface area (Å²) >= 11 is 1.69. The number of hydrogen-bond acceptors (Lipinski definition) is 4. The number of carbonyl (C=O) groups excluding carboxylic acids is 1. The number of aromatic nitrogens is 1. The van der Waals surface area contributed by atoms with E-state index in [2.05, 4.69) is 30.4 Å². The minimum atomic E-state index is -0.0132. The van der Waals surface area contributed by atoms with Crippen LogP contribution in [0.15, 0.2) is 36.4 Å². The van der Waals surface area contributed by atoms with E-state index in [9.17, 15) is 4.79 Å². The van der Waals surface area contributed by atoms with Gasteiger partial charge in [0, 0.05) is 12.8 Å². The number of hydrogen-bond donors (Lipinski definition) is 1. The topological polar surface area (TPSA) is 51.2 Å². The highest BCUT2D eigenvalue weighted by Gasteiger charge is 2.27. The first kappa shape index (κ1) is 17.0. The summed E-state index contributed by atoms with van der Waals surface area (Å²) in [5.41, 5.74) is 4.49. The number of nitrogens with one attached hydrogen (secondary N) is 1. The van der Waals surface area contributed by atoms with Crippen LogP contribution in [0.25, 0.3) is 20.8 Å². The van der Waals surface area contributed by atoms with E-state index in [1.54, 1.807) is 11.3 Å². The standard InChI is InChI=1S/C21H22N2O2S/c1-3-6-19(24)22-12-15-11-14-9-13(2)10-16(20(14)25-15)21-23-17-7-4-5-8-18(17)26-21/h4-5,7-10,15H,3,6,11-12H2,1-2H3,(H,22,24)/t15-/m1/s1. The third-order valence-electron chi connectivity index (χ3n) is 4.57. The van der Waals surface area contributed by atoms with Crippen molar-refractivity contribution in [1.82, 2.24) is 10.3 Å². The fourth-order valence-corrected chi connectivity index (χ4v) is 4.37. The zero-order valence-corrected chi connectivity index (χ0v) is 15.9. The number of carbonyl (C=O) groups is 1. The average molecular weight is 366 g/mol. The summed E-state index contributed by atoms with van der Waals surface area (Å²) in [5, 5.41) is 3.97. The van der Waals surface area contributed by atoms with Crippen LogP contribution in [0, 0.1) is 6.92 Å². The van der Waals surface area contributed by atoms with Gasteiger partial charge in [0.2, 0.25) is 5.91 Å². The largest absolute Gasteiger partial charge is 0.487 e. The molecule has 0 saturated carbocycles. The lowest BCUT2D eigenvalue weighted by Crippen LogP contribution is -2.34. The number of thiazole rings is 1. The highest BCUT2D eigenvalue weighted by atomic mass is 32.1. The van der Waals surface area contributed by atoms with E-state index in [0.29, 0.717) is 13.0 Å². The molecule has 26 heavy (non-hydrogen) atoms. The molecule has 134 valence electrons. The molecule has 1 N–H and O–H groups in total. The van der Waals surface area contributed by atoms with Crippen molar-refractivity contribution in [3.05, 3.63) is 47.5 Å². The van der Waals surface area contributed by atoms with E-state index in [0.717, 1.165) is 34.7 Å². The summed E-state index contributed by atoms with van der Waals surface area (Å²) in [6, 6.07) is 12.5. The summed E-state index contributed by atoms with van der Waals surface area (Å²) in [5.74, 6) is 1.01. The molecule has 1 atom stereocenters. The first-order valence-electron chi connectivity index (χ1n) is 9.07. The van der Waals surface area contributed by atoms with E-state index < -0.39 is 0 Å². The second kappa shape index (κ2) is 7.08. The Morgan fingerprint density at radius 1 is 1.35 bits per heavy atom. The number of benzene rings is 2. The number of nitrogens with zero attached hydrogens (tertiary/aromatic N) is 1. The lowest BCUT2D eigenvalue weighted by atomic mass is 10.0. The Morgan fingerprint density at radius 2 is 2.19 bits per heavy atom. The molecule has 4 nitrogen and oxygen atoms in total. The monoisotopic (exact) mass is 366 g/mol. The van der Waals surface area contributed by atoms with E-state index >= 15 is 0 Å². The van der Waals surface area contributed by atoms with Gasteiger partial charge in [0.15, 0.2) is 0 Å². The Bertz CT molecular complexity index is 931. The molecule has 0 bridgehead atoms. The quantitative estimate of drug-likeness (QED) is 0.724. The van der Waals surface area contributed by atoms with Crippen molar-refractivity contribution in [3.8, 4) is 16.3 Å². The third kappa shape index (κ3) is 3.31. The molecule has 2 aromatic carbocycles. The number of rotatable bonds is 5. The van der Waals surface area contributed by atoms with Crippen LogP contribution in [0.5, 0.6) is 5.75 Å². The maximum absolute atomic E-state index is 11.7. The van der Waals surface area contributed by atoms with Crippen molar-refractivity contribution in [2.75, 3.05) is 6.54 Å². The van der Waals surface area contributed by atoms with Crippen molar-refractivity contribution >= 4 is 27.5 Å². The molecule has 0 radical (unpaired) electrons. The Hall–Kier alpha value is -2.40. The molecule has 0 saturated heterocycles. The van der Waals surface area contributed by atoms with Gasteiger partial charge in [0.05, 0.1) is 22.3 Å². The Labute approximate surface area is 157 Å². The Balaban J connectivity index is 1.61. The predicted molar refractivity (Wildman–Crippen MR) is 106 cm³/mol. The van der Waals surface area contributed by atoms with Crippen molar-refractivity contribution in [3.63, 3.8) is 0 Å². The van der Waals surface area contributed by atoms with Crippen LogP contribution < -0.4 is 10.1 Å². The van der Waals surface area contributed by atoms with Crippen LogP contribution in [0.3, 0.4) is 0 Å². The molecule has 1 amide bonds. The van der Waals surface area contributed by atoms with Crippen LogP contribution in [0.1, 0.15) is 30.9 Å². The number of amides is 1. The van der Waals surface area contributed by atoms with E-state index in [4.69, 9.17) is 9.72 Å². The highest BCUT2D eigenvalue weighted by molar-refractivity contribution is 7.21. The smallest absolute Gasteiger partial charge is 0.220 e. The molecule has 1 aliphatic rings. The number of aryl methyl sites for hydroxylation is 1. The van der Waals surface area contributed by atoms with Gasteiger partial charge in [-0.15, -0.1) is 11.3 Å². The van der Waals surface area contributed by atoms with Crippen LogP contribution in [0.2, 0.25) is 0 Å². The first-order chi connectivity index (χ1) is 12.6. The molecular weight excluding hydrogens is 344 g/mol. The van der Waals surface area contributed by atoms with Crippen molar-refractivity contribution < 1.29 is 9.53 Å². The van der Waals surface area contributed by atoms with Gasteiger partial charge >= 0.3 is 0 Å². The Kier molecular flexibility index (Phi) is 4.64. The fraction of sp³-hybridized carbons (Fsp3) is 0.333. The zero-order valence-electron chi connectivity index (χ0n) is 15.0. The van der Waals surface area contributed by atoms with Crippen molar-refractivity contribution in [2.24, 2.45) is 0 Å². The molecular formula is C21H22N2O2S. The molecule has 3 aromatic rings. The van der Waals surface area contributed by atoms with Gasteiger partial charge in [-0.2, -0.15) is 0 Å². The third-order valence-corrected chi connectivity index (χ3v) is 5.64. The minimum Gasteiger partial charge on any atom is -0.487 e. The van der Waals surface area contributed by atoms with Crippen molar-refractivity contribution in [2.45, 2.75) is 39.2 Å². The maximum atomic E-state index is 11.7. The average Bonchev–Trinajstić information content (AvgIpc) is 3.23. The second-order valence-corrected chi connectivity index (χ2v) is 7.82. The lowest BCUT2D eigenvalue weighted by Gasteiger charge is -2.13. The number of ether oxygens (including phenoxy) is 1. The highest BCUT2D eigenvalue weighted by Crippen LogP contribution is 2.42. The van der Waals surface area contributed by atoms with E-state index in [1.807, 2.05) is 25.1 Å². The van der Waals surface area contributed by atoms with Gasteiger partial charge in [-0.1, -0.05) is 25.1 Å². The first-order valence-corrected chi connectivity index (χ1v) is 9.88. The molecule has 2 heterocycles. The summed E-state index contributed by atoms with van der Waals surface area (Å²) < 4.78 is 7.40.